The quantitative estimate of drug-likeness (QED) is 0.540. The molecule has 2 heterocycles. The fraction of sp³-hybridized carbons (Fsp3) is 0.182. The monoisotopic (exact) mass is 391 g/mol. The van der Waals surface area contributed by atoms with Crippen molar-refractivity contribution in [1.29, 1.82) is 0 Å². The molecule has 0 aliphatic carbocycles. The van der Waals surface area contributed by atoms with E-state index in [0.717, 1.165) is 33.2 Å². The number of methoxy groups -OCH3 is 1. The molecule has 4 aromatic rings. The van der Waals surface area contributed by atoms with Crippen molar-refractivity contribution in [2.24, 2.45) is 0 Å². The summed E-state index contributed by atoms with van der Waals surface area (Å²) >= 11 is 1.41. The third-order valence-corrected chi connectivity index (χ3v) is 5.88. The summed E-state index contributed by atoms with van der Waals surface area (Å²) in [7, 11) is 1.65. The molecule has 28 heavy (non-hydrogen) atoms. The van der Waals surface area contributed by atoms with Gasteiger partial charge in [-0.2, -0.15) is 0 Å². The number of rotatable bonds is 5. The number of ether oxygens (including phenoxy) is 1. The molecule has 142 valence electrons. The lowest BCUT2D eigenvalue weighted by Gasteiger charge is -2.05. The topological polar surface area (TPSA) is 55.6 Å². The zero-order chi connectivity index (χ0) is 19.7. The molecule has 1 N–H and O–H groups in total. The first kappa shape index (κ1) is 18.3. The Balaban J connectivity index is 1.53. The predicted octanol–water partition coefficient (Wildman–Crippen LogP) is 4.62. The molecule has 0 aliphatic heterocycles. The van der Waals surface area contributed by atoms with Crippen molar-refractivity contribution in [2.75, 3.05) is 7.11 Å². The molecule has 0 unspecified atom stereocenters. The Bertz CT molecular complexity index is 1130. The van der Waals surface area contributed by atoms with Gasteiger partial charge < -0.3 is 10.1 Å². The lowest BCUT2D eigenvalue weighted by atomic mass is 10.1. The van der Waals surface area contributed by atoms with E-state index >= 15 is 0 Å². The minimum Gasteiger partial charge on any atom is -0.497 e. The molecule has 0 bridgehead atoms. The molecule has 0 spiro atoms. The van der Waals surface area contributed by atoms with Gasteiger partial charge in [-0.25, -0.2) is 4.98 Å². The van der Waals surface area contributed by atoms with Crippen LogP contribution in [0.3, 0.4) is 0 Å². The van der Waals surface area contributed by atoms with Crippen LogP contribution in [0.1, 0.15) is 26.5 Å². The molecule has 0 radical (unpaired) electrons. The van der Waals surface area contributed by atoms with Crippen molar-refractivity contribution in [3.05, 3.63) is 76.4 Å². The van der Waals surface area contributed by atoms with Crippen molar-refractivity contribution < 1.29 is 9.53 Å². The van der Waals surface area contributed by atoms with Gasteiger partial charge >= 0.3 is 0 Å². The zero-order valence-corrected chi connectivity index (χ0v) is 16.8. The molecule has 0 fully saturated rings. The van der Waals surface area contributed by atoms with Crippen molar-refractivity contribution in [3.8, 4) is 17.0 Å². The van der Waals surface area contributed by atoms with Crippen LogP contribution in [-0.4, -0.2) is 22.4 Å². The highest BCUT2D eigenvalue weighted by molar-refractivity contribution is 7.19. The summed E-state index contributed by atoms with van der Waals surface area (Å²) in [6.07, 6.45) is 1.97. The Hall–Kier alpha value is -3.12. The van der Waals surface area contributed by atoms with Crippen LogP contribution in [-0.2, 0) is 6.54 Å². The van der Waals surface area contributed by atoms with E-state index in [1.807, 2.05) is 73.0 Å². The minimum absolute atomic E-state index is 0.0698. The molecule has 0 saturated heterocycles. The fourth-order valence-corrected chi connectivity index (χ4v) is 4.06. The number of fused-ring (bicyclic) bond motifs is 1. The van der Waals surface area contributed by atoms with E-state index in [2.05, 4.69) is 5.32 Å². The second kappa shape index (κ2) is 7.48. The third-order valence-electron chi connectivity index (χ3n) is 4.72. The van der Waals surface area contributed by atoms with Crippen LogP contribution in [0.4, 0.5) is 0 Å². The van der Waals surface area contributed by atoms with Gasteiger partial charge in [-0.05, 0) is 43.7 Å². The molecule has 0 saturated carbocycles. The number of benzene rings is 2. The van der Waals surface area contributed by atoms with Gasteiger partial charge in [0.2, 0.25) is 0 Å². The Morgan fingerprint density at radius 1 is 1.11 bits per heavy atom. The fourth-order valence-electron chi connectivity index (χ4n) is 3.03. The third kappa shape index (κ3) is 3.51. The van der Waals surface area contributed by atoms with Gasteiger partial charge in [-0.1, -0.05) is 41.2 Å². The summed E-state index contributed by atoms with van der Waals surface area (Å²) in [6, 6.07) is 16.0. The van der Waals surface area contributed by atoms with Gasteiger partial charge in [-0.3, -0.25) is 9.20 Å². The summed E-state index contributed by atoms with van der Waals surface area (Å²) in [6.45, 7) is 4.51. The molecule has 6 heteroatoms. The van der Waals surface area contributed by atoms with Crippen molar-refractivity contribution in [3.63, 3.8) is 0 Å². The lowest BCUT2D eigenvalue weighted by Crippen LogP contribution is -2.22. The summed E-state index contributed by atoms with van der Waals surface area (Å²) in [4.78, 5) is 18.8. The zero-order valence-electron chi connectivity index (χ0n) is 16.0. The smallest absolute Gasteiger partial charge is 0.263 e. The number of carbonyl (C=O) groups excluding carboxylic acids is 1. The summed E-state index contributed by atoms with van der Waals surface area (Å²) in [5.41, 5.74) is 5.08. The van der Waals surface area contributed by atoms with Gasteiger partial charge in [-0.15, -0.1) is 0 Å². The highest BCUT2D eigenvalue weighted by atomic mass is 32.1. The maximum Gasteiger partial charge on any atom is 0.263 e. The second-order valence-corrected chi connectivity index (χ2v) is 7.67. The number of amides is 1. The van der Waals surface area contributed by atoms with Crippen molar-refractivity contribution in [2.45, 2.75) is 20.4 Å². The summed E-state index contributed by atoms with van der Waals surface area (Å²) in [5.74, 6) is 0.744. The van der Waals surface area contributed by atoms with E-state index in [-0.39, 0.29) is 5.91 Å². The van der Waals surface area contributed by atoms with E-state index in [1.54, 1.807) is 7.11 Å². The number of nitrogens with one attached hydrogen (secondary N) is 1. The molecule has 4 rings (SSSR count). The Labute approximate surface area is 167 Å². The van der Waals surface area contributed by atoms with Crippen LogP contribution in [0.5, 0.6) is 5.75 Å². The van der Waals surface area contributed by atoms with Crippen LogP contribution in [0.25, 0.3) is 16.2 Å². The van der Waals surface area contributed by atoms with Crippen LogP contribution in [0, 0.1) is 13.8 Å². The molecular formula is C22H21N3O2S. The van der Waals surface area contributed by atoms with Crippen LogP contribution in [0.15, 0.2) is 54.7 Å². The molecular weight excluding hydrogens is 370 g/mol. The first-order valence-corrected chi connectivity index (χ1v) is 9.83. The number of carbonyl (C=O) groups is 1. The predicted molar refractivity (Wildman–Crippen MR) is 112 cm³/mol. The van der Waals surface area contributed by atoms with E-state index < -0.39 is 0 Å². The highest BCUT2D eigenvalue weighted by Gasteiger charge is 2.18. The maximum absolute atomic E-state index is 12.6. The first-order chi connectivity index (χ1) is 13.5. The Kier molecular flexibility index (Phi) is 4.88. The number of thiazole rings is 1. The highest BCUT2D eigenvalue weighted by Crippen LogP contribution is 2.28. The molecule has 2 aromatic carbocycles. The van der Waals surface area contributed by atoms with Crippen LogP contribution < -0.4 is 10.1 Å². The van der Waals surface area contributed by atoms with Crippen LogP contribution in [0.2, 0.25) is 0 Å². The minimum atomic E-state index is -0.0698. The largest absolute Gasteiger partial charge is 0.497 e. The Morgan fingerprint density at radius 3 is 2.46 bits per heavy atom. The maximum atomic E-state index is 12.6. The van der Waals surface area contributed by atoms with Crippen LogP contribution >= 0.6 is 11.3 Å². The normalized spacial score (nSPS) is 11.0. The van der Waals surface area contributed by atoms with Gasteiger partial charge in [0.15, 0.2) is 4.96 Å². The average Bonchev–Trinajstić information content (AvgIpc) is 3.27. The number of aromatic nitrogens is 2. The average molecular weight is 391 g/mol. The molecule has 0 aliphatic rings. The first-order valence-electron chi connectivity index (χ1n) is 9.02. The SMILES string of the molecule is COc1ccc(-c2cn3c(C)c(C(=O)NCc4ccc(C)cc4)sc3n2)cc1. The van der Waals surface area contributed by atoms with E-state index in [1.165, 1.54) is 16.9 Å². The number of hydrogen-bond donors (Lipinski definition) is 1. The lowest BCUT2D eigenvalue weighted by molar-refractivity contribution is 0.0954. The van der Waals surface area contributed by atoms with Gasteiger partial charge in [0.25, 0.3) is 5.91 Å². The summed E-state index contributed by atoms with van der Waals surface area (Å²) < 4.78 is 7.18. The molecule has 0 atom stereocenters. The van der Waals surface area contributed by atoms with E-state index in [4.69, 9.17) is 9.72 Å². The Morgan fingerprint density at radius 2 is 1.82 bits per heavy atom. The second-order valence-electron chi connectivity index (χ2n) is 6.69. The molecule has 5 nitrogen and oxygen atoms in total. The molecule has 1 amide bonds. The van der Waals surface area contributed by atoms with E-state index in [9.17, 15) is 4.79 Å². The van der Waals surface area contributed by atoms with Crippen molar-refractivity contribution in [1.82, 2.24) is 14.7 Å². The van der Waals surface area contributed by atoms with Gasteiger partial charge in [0.05, 0.1) is 12.8 Å². The standard InChI is InChI=1S/C22H21N3O2S/c1-14-4-6-16(7-5-14)12-23-21(26)20-15(2)25-13-19(24-22(25)28-20)17-8-10-18(27-3)11-9-17/h4-11,13H,12H2,1-3H3,(H,23,26). The van der Waals surface area contributed by atoms with E-state index in [0.29, 0.717) is 11.4 Å². The van der Waals surface area contributed by atoms with Gasteiger partial charge in [0.1, 0.15) is 10.6 Å². The van der Waals surface area contributed by atoms with Crippen molar-refractivity contribution >= 4 is 22.2 Å². The number of hydrogen-bond acceptors (Lipinski definition) is 4. The summed E-state index contributed by atoms with van der Waals surface area (Å²) in [5, 5.41) is 3.00. The number of aryl methyl sites for hydroxylation is 2. The molecule has 2 aromatic heterocycles. The number of imidazole rings is 1. The number of nitrogens with zero attached hydrogens (tertiary/aromatic N) is 2. The van der Waals surface area contributed by atoms with Gasteiger partial charge in [0, 0.05) is 24.0 Å².